The second-order valence-electron chi connectivity index (χ2n) is 6.52. The molecular formula is C22H19FN4O. The molecule has 2 aromatic carbocycles. The van der Waals surface area contributed by atoms with E-state index < -0.39 is 5.82 Å². The molecule has 1 amide bonds. The van der Waals surface area contributed by atoms with Crippen LogP contribution in [-0.4, -0.2) is 10.9 Å². The van der Waals surface area contributed by atoms with Crippen molar-refractivity contribution in [2.45, 2.75) is 13.5 Å². The summed E-state index contributed by atoms with van der Waals surface area (Å²) in [6.07, 6.45) is 3.31. The number of hydrogen-bond donors (Lipinski definition) is 3. The van der Waals surface area contributed by atoms with Crippen molar-refractivity contribution in [1.82, 2.24) is 4.98 Å². The predicted molar refractivity (Wildman–Crippen MR) is 109 cm³/mol. The largest absolute Gasteiger partial charge is 0.379 e. The molecule has 0 bridgehead atoms. The zero-order chi connectivity index (χ0) is 19.5. The van der Waals surface area contributed by atoms with E-state index in [1.807, 2.05) is 43.3 Å². The molecule has 0 saturated heterocycles. The molecule has 0 radical (unpaired) electrons. The minimum atomic E-state index is -0.422. The Morgan fingerprint density at radius 2 is 2.04 bits per heavy atom. The van der Waals surface area contributed by atoms with Gasteiger partial charge in [0.15, 0.2) is 0 Å². The van der Waals surface area contributed by atoms with Crippen molar-refractivity contribution in [2.75, 3.05) is 16.0 Å². The second kappa shape index (κ2) is 7.52. The third-order valence-electron chi connectivity index (χ3n) is 4.57. The zero-order valence-electron chi connectivity index (χ0n) is 15.3. The molecule has 0 saturated carbocycles. The molecule has 140 valence electrons. The number of amides is 1. The summed E-state index contributed by atoms with van der Waals surface area (Å²) < 4.78 is 14.1. The molecule has 28 heavy (non-hydrogen) atoms. The average molecular weight is 374 g/mol. The minimum Gasteiger partial charge on any atom is -0.379 e. The Morgan fingerprint density at radius 3 is 2.82 bits per heavy atom. The number of nitrogens with one attached hydrogen (secondary N) is 3. The normalized spacial score (nSPS) is 13.9. The smallest absolute Gasteiger partial charge is 0.257 e. The number of hydrogen-bond acceptors (Lipinski definition) is 4. The number of benzene rings is 2. The standard InChI is InChI=1S/C22H19FN4O/c1-14-11-15(8-9-19(14)26-12-16-5-2-3-10-24-16)25-13-17-21-18(23)6-4-7-20(21)27-22(17)28/h2-11,13,25-26H,12H2,1H3,(H,27,28). The fourth-order valence-electron chi connectivity index (χ4n) is 3.14. The summed E-state index contributed by atoms with van der Waals surface area (Å²) in [7, 11) is 0. The first-order valence-electron chi connectivity index (χ1n) is 8.93. The lowest BCUT2D eigenvalue weighted by atomic mass is 10.1. The van der Waals surface area contributed by atoms with Crippen molar-refractivity contribution in [1.29, 1.82) is 0 Å². The van der Waals surface area contributed by atoms with E-state index in [4.69, 9.17) is 0 Å². The van der Waals surface area contributed by atoms with Crippen molar-refractivity contribution in [3.63, 3.8) is 0 Å². The van der Waals surface area contributed by atoms with E-state index in [2.05, 4.69) is 20.9 Å². The van der Waals surface area contributed by atoms with Gasteiger partial charge in [-0.3, -0.25) is 9.78 Å². The molecule has 5 nitrogen and oxygen atoms in total. The van der Waals surface area contributed by atoms with Crippen LogP contribution in [-0.2, 0) is 11.3 Å². The van der Waals surface area contributed by atoms with Gasteiger partial charge in [-0.2, -0.15) is 0 Å². The van der Waals surface area contributed by atoms with E-state index in [9.17, 15) is 9.18 Å². The highest BCUT2D eigenvalue weighted by Gasteiger charge is 2.27. The summed E-state index contributed by atoms with van der Waals surface area (Å²) in [5.74, 6) is -0.743. The third-order valence-corrected chi connectivity index (χ3v) is 4.57. The molecular weight excluding hydrogens is 355 g/mol. The van der Waals surface area contributed by atoms with Gasteiger partial charge in [0, 0.05) is 29.3 Å². The summed E-state index contributed by atoms with van der Waals surface area (Å²) in [5.41, 5.74) is 4.88. The van der Waals surface area contributed by atoms with Crippen molar-refractivity contribution in [3.8, 4) is 0 Å². The van der Waals surface area contributed by atoms with Gasteiger partial charge in [-0.05, 0) is 55.0 Å². The number of aryl methyl sites for hydroxylation is 1. The van der Waals surface area contributed by atoms with Crippen LogP contribution in [0, 0.1) is 12.7 Å². The number of anilines is 3. The van der Waals surface area contributed by atoms with Gasteiger partial charge in [-0.15, -0.1) is 0 Å². The van der Waals surface area contributed by atoms with Crippen LogP contribution in [0.25, 0.3) is 5.57 Å². The van der Waals surface area contributed by atoms with Crippen LogP contribution in [0.5, 0.6) is 0 Å². The molecule has 3 aromatic rings. The second-order valence-corrected chi connectivity index (χ2v) is 6.52. The van der Waals surface area contributed by atoms with Gasteiger partial charge < -0.3 is 16.0 Å². The first kappa shape index (κ1) is 17.7. The summed E-state index contributed by atoms with van der Waals surface area (Å²) in [6, 6.07) is 16.2. The first-order chi connectivity index (χ1) is 13.6. The maximum Gasteiger partial charge on any atom is 0.257 e. The molecule has 2 heterocycles. The van der Waals surface area contributed by atoms with E-state index in [0.29, 0.717) is 17.8 Å². The van der Waals surface area contributed by atoms with Crippen molar-refractivity contribution in [3.05, 3.63) is 89.6 Å². The Hall–Kier alpha value is -3.67. The lowest BCUT2D eigenvalue weighted by Crippen LogP contribution is -2.05. The number of halogens is 1. The number of aromatic nitrogens is 1. The number of fused-ring (bicyclic) bond motifs is 1. The zero-order valence-corrected chi connectivity index (χ0v) is 15.3. The van der Waals surface area contributed by atoms with Gasteiger partial charge in [0.2, 0.25) is 0 Å². The Bertz CT molecular complexity index is 1060. The van der Waals surface area contributed by atoms with Gasteiger partial charge in [0.25, 0.3) is 5.91 Å². The maximum atomic E-state index is 14.1. The minimum absolute atomic E-state index is 0.281. The van der Waals surface area contributed by atoms with Crippen LogP contribution in [0.2, 0.25) is 0 Å². The predicted octanol–water partition coefficient (Wildman–Crippen LogP) is 4.55. The summed E-state index contributed by atoms with van der Waals surface area (Å²) in [6.45, 7) is 2.63. The van der Waals surface area contributed by atoms with E-state index >= 15 is 0 Å². The van der Waals surface area contributed by atoms with Crippen molar-refractivity contribution >= 4 is 28.5 Å². The number of nitrogens with zero attached hydrogens (tertiary/aromatic N) is 1. The van der Waals surface area contributed by atoms with Crippen LogP contribution < -0.4 is 16.0 Å². The summed E-state index contributed by atoms with van der Waals surface area (Å²) >= 11 is 0. The molecule has 0 atom stereocenters. The Labute approximate surface area is 162 Å². The first-order valence-corrected chi connectivity index (χ1v) is 8.93. The van der Waals surface area contributed by atoms with Gasteiger partial charge in [-0.1, -0.05) is 12.1 Å². The highest BCUT2D eigenvalue weighted by molar-refractivity contribution is 6.31. The SMILES string of the molecule is Cc1cc(NC=C2C(=O)Nc3cccc(F)c32)ccc1NCc1ccccn1. The molecule has 1 aliphatic rings. The van der Waals surface area contributed by atoms with Gasteiger partial charge in [-0.25, -0.2) is 4.39 Å². The average Bonchev–Trinajstić information content (AvgIpc) is 3.03. The molecule has 1 aliphatic heterocycles. The molecule has 0 unspecified atom stereocenters. The highest BCUT2D eigenvalue weighted by atomic mass is 19.1. The van der Waals surface area contributed by atoms with E-state index in [1.54, 1.807) is 24.5 Å². The van der Waals surface area contributed by atoms with Crippen molar-refractivity contribution in [2.24, 2.45) is 0 Å². The molecule has 0 fully saturated rings. The van der Waals surface area contributed by atoms with Crippen molar-refractivity contribution < 1.29 is 9.18 Å². The lowest BCUT2D eigenvalue weighted by molar-refractivity contribution is -0.110. The van der Waals surface area contributed by atoms with Crippen LogP contribution >= 0.6 is 0 Å². The van der Waals surface area contributed by atoms with Gasteiger partial charge >= 0.3 is 0 Å². The topological polar surface area (TPSA) is 66.1 Å². The molecule has 0 spiro atoms. The Balaban J connectivity index is 1.49. The fourth-order valence-corrected chi connectivity index (χ4v) is 3.14. The lowest BCUT2D eigenvalue weighted by Gasteiger charge is -2.11. The quantitative estimate of drug-likeness (QED) is 0.574. The number of carbonyl (C=O) groups is 1. The fraction of sp³-hybridized carbons (Fsp3) is 0.0909. The van der Waals surface area contributed by atoms with E-state index in [-0.39, 0.29) is 11.5 Å². The molecule has 1 aromatic heterocycles. The monoisotopic (exact) mass is 374 g/mol. The maximum absolute atomic E-state index is 14.1. The summed E-state index contributed by atoms with van der Waals surface area (Å²) in [5, 5.41) is 9.13. The molecule has 6 heteroatoms. The van der Waals surface area contributed by atoms with Crippen LogP contribution in [0.3, 0.4) is 0 Å². The Kier molecular flexibility index (Phi) is 4.76. The van der Waals surface area contributed by atoms with Crippen LogP contribution in [0.15, 0.2) is 67.0 Å². The molecule has 4 rings (SSSR count). The van der Waals surface area contributed by atoms with Gasteiger partial charge in [0.05, 0.1) is 23.5 Å². The number of rotatable bonds is 5. The number of carbonyl (C=O) groups excluding carboxylic acids is 1. The van der Waals surface area contributed by atoms with E-state index in [1.165, 1.54) is 6.07 Å². The number of pyridine rings is 1. The van der Waals surface area contributed by atoms with Crippen LogP contribution in [0.4, 0.5) is 21.5 Å². The van der Waals surface area contributed by atoms with Crippen LogP contribution in [0.1, 0.15) is 16.8 Å². The molecule has 3 N–H and O–H groups in total. The van der Waals surface area contributed by atoms with E-state index in [0.717, 1.165) is 22.6 Å². The van der Waals surface area contributed by atoms with Gasteiger partial charge in [0.1, 0.15) is 5.82 Å². The summed E-state index contributed by atoms with van der Waals surface area (Å²) in [4.78, 5) is 16.4. The Morgan fingerprint density at radius 1 is 1.14 bits per heavy atom. The third kappa shape index (κ3) is 3.57. The highest BCUT2D eigenvalue weighted by Crippen LogP contribution is 2.33. The molecule has 0 aliphatic carbocycles.